The van der Waals surface area contributed by atoms with E-state index in [1.807, 2.05) is 0 Å². The highest BCUT2D eigenvalue weighted by Crippen LogP contribution is 2.40. The molecule has 1 atom stereocenters. The minimum Gasteiger partial charge on any atom is -0.280 e. The van der Waals surface area contributed by atoms with Crippen LogP contribution in [0.15, 0.2) is 52.3 Å². The summed E-state index contributed by atoms with van der Waals surface area (Å²) in [5.41, 5.74) is -2.73. The zero-order valence-corrected chi connectivity index (χ0v) is 24.3. The van der Waals surface area contributed by atoms with Crippen LogP contribution in [0.5, 0.6) is 0 Å². The Morgan fingerprint density at radius 3 is 2.21 bits per heavy atom. The monoisotopic (exact) mass is 647 g/mol. The number of benzene rings is 2. The fourth-order valence-corrected chi connectivity index (χ4v) is 8.51. The number of sulfonamides is 1. The Kier molecular flexibility index (Phi) is 8.76. The Bertz CT molecular complexity index is 1670. The molecular weight excluding hydrogens is 623 g/mol. The minimum atomic E-state index is -5.17. The molecule has 0 radical (unpaired) electrons. The van der Waals surface area contributed by atoms with Crippen LogP contribution in [0, 0.1) is 16.0 Å². The van der Waals surface area contributed by atoms with E-state index in [-0.39, 0.29) is 22.6 Å². The lowest BCUT2D eigenvalue weighted by Crippen LogP contribution is -2.48. The Labute approximate surface area is 243 Å². The molecule has 1 saturated carbocycles. The number of amides is 2. The summed E-state index contributed by atoms with van der Waals surface area (Å²) in [6, 6.07) is 6.56. The molecule has 1 saturated heterocycles. The lowest BCUT2D eigenvalue weighted by Gasteiger charge is -2.33. The number of alkyl halides is 3. The quantitative estimate of drug-likeness (QED) is 0.225. The molecule has 0 aromatic heterocycles. The lowest BCUT2D eigenvalue weighted by atomic mass is 9.88. The number of anilines is 1. The summed E-state index contributed by atoms with van der Waals surface area (Å²) in [6.07, 6.45) is 0.866. The van der Waals surface area contributed by atoms with Gasteiger partial charge in [0.2, 0.25) is 0 Å². The Morgan fingerprint density at radius 2 is 1.67 bits per heavy atom. The number of carbonyl (C=O) groups excluding carboxylic acids is 2. The number of nitrogens with zero attached hydrogens (tertiary/aromatic N) is 2. The van der Waals surface area contributed by atoms with Gasteiger partial charge in [-0.05, 0) is 66.4 Å². The molecule has 42 heavy (non-hydrogen) atoms. The maximum Gasteiger partial charge on any atom is 0.423 e. The van der Waals surface area contributed by atoms with E-state index < -0.39 is 63.6 Å². The van der Waals surface area contributed by atoms with Crippen molar-refractivity contribution >= 4 is 60.2 Å². The van der Waals surface area contributed by atoms with E-state index in [0.29, 0.717) is 42.3 Å². The van der Waals surface area contributed by atoms with Crippen LogP contribution >= 0.6 is 11.8 Å². The van der Waals surface area contributed by atoms with Gasteiger partial charge in [0.25, 0.3) is 26.9 Å². The van der Waals surface area contributed by atoms with Gasteiger partial charge in [0.15, 0.2) is 9.84 Å². The second-order valence-electron chi connectivity index (χ2n) is 9.83. The van der Waals surface area contributed by atoms with Gasteiger partial charge in [-0.25, -0.2) is 16.8 Å². The van der Waals surface area contributed by atoms with Crippen molar-refractivity contribution in [3.05, 3.63) is 68.6 Å². The standard InChI is InChI=1S/C25H24F3N3O8S3/c1-41(36,37)23(16-5-3-2-4-6-16)30-22(32)21(40-24(30)33)13-15-7-9-17(10-8-15)29-42(38,39)18-11-12-20(31(34)35)19(14-18)25(26,27)28/h7-14,16,23,29H,2-6H2,1H3. The Hall–Kier alpha value is -3.44. The summed E-state index contributed by atoms with van der Waals surface area (Å²) in [5.74, 6) is -1.12. The van der Waals surface area contributed by atoms with Crippen LogP contribution in [0.3, 0.4) is 0 Å². The highest BCUT2D eigenvalue weighted by molar-refractivity contribution is 8.18. The van der Waals surface area contributed by atoms with Crippen molar-refractivity contribution < 1.29 is 44.5 Å². The van der Waals surface area contributed by atoms with Gasteiger partial charge in [-0.1, -0.05) is 31.4 Å². The van der Waals surface area contributed by atoms with Crippen molar-refractivity contribution in [2.24, 2.45) is 5.92 Å². The van der Waals surface area contributed by atoms with Gasteiger partial charge >= 0.3 is 6.18 Å². The second kappa shape index (κ2) is 11.7. The molecule has 2 amide bonds. The number of nitrogens with one attached hydrogen (secondary N) is 1. The van der Waals surface area contributed by atoms with Crippen molar-refractivity contribution in [3.8, 4) is 0 Å². The average molecular weight is 648 g/mol. The smallest absolute Gasteiger partial charge is 0.280 e. The van der Waals surface area contributed by atoms with Gasteiger partial charge in [-0.3, -0.25) is 29.3 Å². The van der Waals surface area contributed by atoms with Gasteiger partial charge in [-0.15, -0.1) is 0 Å². The van der Waals surface area contributed by atoms with Crippen LogP contribution in [-0.4, -0.2) is 49.4 Å². The molecule has 1 aliphatic heterocycles. The SMILES string of the molecule is CS(=O)(=O)C(C1CCCCC1)N1C(=O)SC(=Cc2ccc(NS(=O)(=O)c3ccc([N+](=O)[O-])c(C(F)(F)F)c3)cc2)C1=O. The summed E-state index contributed by atoms with van der Waals surface area (Å²) >= 11 is 0.586. The normalized spacial score (nSPS) is 18.9. The highest BCUT2D eigenvalue weighted by Gasteiger charge is 2.47. The second-order valence-corrected chi connectivity index (χ2v) is 14.6. The number of carbonyl (C=O) groups is 2. The zero-order chi connectivity index (χ0) is 31.0. The van der Waals surface area contributed by atoms with Crippen LogP contribution in [0.4, 0.5) is 29.3 Å². The fraction of sp³-hybridized carbons (Fsp3) is 0.360. The van der Waals surface area contributed by atoms with Crippen LogP contribution in [-0.2, 0) is 30.8 Å². The minimum absolute atomic E-state index is 0.0247. The van der Waals surface area contributed by atoms with Crippen molar-refractivity contribution in [1.82, 2.24) is 4.90 Å². The van der Waals surface area contributed by atoms with Gasteiger partial charge < -0.3 is 0 Å². The molecular formula is C25H24F3N3O8S3. The average Bonchev–Trinajstić information content (AvgIpc) is 3.16. The maximum absolute atomic E-state index is 13.3. The molecule has 1 unspecified atom stereocenters. The van der Waals surface area contributed by atoms with Crippen molar-refractivity contribution in [3.63, 3.8) is 0 Å². The van der Waals surface area contributed by atoms with Crippen LogP contribution in [0.2, 0.25) is 0 Å². The van der Waals surface area contributed by atoms with Crippen molar-refractivity contribution in [2.45, 2.75) is 48.5 Å². The molecule has 0 bridgehead atoms. The molecule has 2 aliphatic rings. The van der Waals surface area contributed by atoms with Gasteiger partial charge in [0.05, 0.1) is 14.7 Å². The summed E-state index contributed by atoms with van der Waals surface area (Å²) < 4.78 is 92.6. The van der Waals surface area contributed by atoms with E-state index in [2.05, 4.69) is 4.72 Å². The topological polar surface area (TPSA) is 161 Å². The van der Waals surface area contributed by atoms with Crippen molar-refractivity contribution in [2.75, 3.05) is 11.0 Å². The zero-order valence-electron chi connectivity index (χ0n) is 21.8. The molecule has 11 nitrogen and oxygen atoms in total. The first kappa shape index (κ1) is 31.5. The Balaban J connectivity index is 1.54. The molecule has 0 spiro atoms. The molecule has 226 valence electrons. The number of halogens is 3. The fourth-order valence-electron chi connectivity index (χ4n) is 4.95. The number of hydrogen-bond donors (Lipinski definition) is 1. The summed E-state index contributed by atoms with van der Waals surface area (Å²) in [6.45, 7) is 0. The molecule has 1 heterocycles. The number of sulfone groups is 1. The molecule has 1 N–H and O–H groups in total. The van der Waals surface area contributed by atoms with E-state index in [1.165, 1.54) is 30.3 Å². The van der Waals surface area contributed by atoms with Crippen LogP contribution in [0.25, 0.3) is 6.08 Å². The number of hydrogen-bond acceptors (Lipinski definition) is 9. The van der Waals surface area contributed by atoms with Gasteiger partial charge in [0.1, 0.15) is 10.9 Å². The van der Waals surface area contributed by atoms with E-state index >= 15 is 0 Å². The van der Waals surface area contributed by atoms with Gasteiger partial charge in [-0.2, -0.15) is 13.2 Å². The number of thioether (sulfide) groups is 1. The van der Waals surface area contributed by atoms with Crippen LogP contribution < -0.4 is 4.72 Å². The van der Waals surface area contributed by atoms with E-state index in [1.54, 1.807) is 0 Å². The molecule has 2 aromatic rings. The third-order valence-electron chi connectivity index (χ3n) is 6.81. The van der Waals surface area contributed by atoms with Crippen LogP contribution in [0.1, 0.15) is 43.2 Å². The molecule has 1 aliphatic carbocycles. The number of imide groups is 1. The summed E-state index contributed by atoms with van der Waals surface area (Å²) in [4.78, 5) is 35.5. The molecule has 17 heteroatoms. The van der Waals surface area contributed by atoms with E-state index in [4.69, 9.17) is 0 Å². The predicted molar refractivity (Wildman–Crippen MR) is 148 cm³/mol. The number of nitro benzene ring substituents is 1. The van der Waals surface area contributed by atoms with Crippen molar-refractivity contribution in [1.29, 1.82) is 0 Å². The highest BCUT2D eigenvalue weighted by atomic mass is 32.2. The third kappa shape index (κ3) is 6.78. The van der Waals surface area contributed by atoms with E-state index in [0.717, 1.165) is 30.4 Å². The summed E-state index contributed by atoms with van der Waals surface area (Å²) in [7, 11) is -8.38. The first-order valence-electron chi connectivity index (χ1n) is 12.4. The molecule has 4 rings (SSSR count). The largest absolute Gasteiger partial charge is 0.423 e. The van der Waals surface area contributed by atoms with E-state index in [9.17, 15) is 49.7 Å². The number of rotatable bonds is 8. The van der Waals surface area contributed by atoms with Gasteiger partial charge in [0, 0.05) is 18.0 Å². The first-order chi connectivity index (χ1) is 19.5. The molecule has 2 aromatic carbocycles. The predicted octanol–water partition coefficient (Wildman–Crippen LogP) is 5.40. The number of nitro groups is 1. The Morgan fingerprint density at radius 1 is 1.05 bits per heavy atom. The lowest BCUT2D eigenvalue weighted by molar-refractivity contribution is -0.388. The first-order valence-corrected chi connectivity index (χ1v) is 16.7. The molecule has 2 fully saturated rings. The summed E-state index contributed by atoms with van der Waals surface area (Å²) in [5, 5.41) is 8.96. The maximum atomic E-state index is 13.3. The third-order valence-corrected chi connectivity index (χ3v) is 10.5.